The summed E-state index contributed by atoms with van der Waals surface area (Å²) < 4.78 is 0. The summed E-state index contributed by atoms with van der Waals surface area (Å²) in [4.78, 5) is 33.3. The Labute approximate surface area is 127 Å². The van der Waals surface area contributed by atoms with Crippen LogP contribution in [0.25, 0.3) is 0 Å². The highest BCUT2D eigenvalue weighted by Crippen LogP contribution is 2.19. The minimum absolute atomic E-state index is 0.0311. The average Bonchev–Trinajstić information content (AvgIpc) is 2.55. The van der Waals surface area contributed by atoms with E-state index in [-0.39, 0.29) is 45.2 Å². The summed E-state index contributed by atoms with van der Waals surface area (Å²) in [5, 5.41) is 28.4. The second-order valence-electron chi connectivity index (χ2n) is 4.77. The molecule has 0 fully saturated rings. The van der Waals surface area contributed by atoms with Crippen molar-refractivity contribution in [2.75, 3.05) is 13.1 Å². The van der Waals surface area contributed by atoms with E-state index in [0.717, 1.165) is 0 Å². The maximum atomic E-state index is 11.2. The lowest BCUT2D eigenvalue weighted by Gasteiger charge is -2.33. The van der Waals surface area contributed by atoms with Crippen molar-refractivity contribution in [1.82, 2.24) is 21.8 Å². The molecule has 0 radical (unpaired) electrons. The molecule has 0 aromatic rings. The zero-order valence-corrected chi connectivity index (χ0v) is 12.1. The molecule has 0 aliphatic heterocycles. The summed E-state index contributed by atoms with van der Waals surface area (Å²) in [7, 11) is 0. The molecule has 128 valence electrons. The van der Waals surface area contributed by atoms with Gasteiger partial charge in [0.15, 0.2) is 0 Å². The second-order valence-corrected chi connectivity index (χ2v) is 4.77. The predicted molar refractivity (Wildman–Crippen MR) is 72.7 cm³/mol. The second kappa shape index (κ2) is 10.9. The van der Waals surface area contributed by atoms with Gasteiger partial charge in [-0.15, -0.1) is 0 Å². The average molecular weight is 321 g/mol. The Morgan fingerprint density at radius 2 is 1.23 bits per heavy atom. The fourth-order valence-electron chi connectivity index (χ4n) is 1.89. The Hall–Kier alpha value is -1.79. The molecule has 0 aromatic carbocycles. The van der Waals surface area contributed by atoms with Gasteiger partial charge in [0.2, 0.25) is 17.7 Å². The monoisotopic (exact) mass is 321 g/mol. The van der Waals surface area contributed by atoms with Gasteiger partial charge >= 0.3 is 0 Å². The van der Waals surface area contributed by atoms with Gasteiger partial charge in [0.05, 0.1) is 0 Å². The van der Waals surface area contributed by atoms with E-state index in [0.29, 0.717) is 0 Å². The highest BCUT2D eigenvalue weighted by molar-refractivity contribution is 5.75. The van der Waals surface area contributed by atoms with Crippen LogP contribution in [0.15, 0.2) is 0 Å². The zero-order chi connectivity index (χ0) is 17.0. The number of nitrogens with one attached hydrogen (secondary N) is 4. The van der Waals surface area contributed by atoms with Gasteiger partial charge in [-0.1, -0.05) is 0 Å². The number of carbonyl (C=O) groups excluding carboxylic acids is 3. The highest BCUT2D eigenvalue weighted by atomic mass is 16.5. The van der Waals surface area contributed by atoms with Gasteiger partial charge in [-0.25, -0.2) is 16.4 Å². The van der Waals surface area contributed by atoms with Crippen LogP contribution in [0.1, 0.15) is 32.1 Å². The quantitative estimate of drug-likeness (QED) is 0.155. The Bertz CT molecular complexity index is 358. The molecule has 0 heterocycles. The van der Waals surface area contributed by atoms with Crippen LogP contribution in [0.2, 0.25) is 0 Å². The van der Waals surface area contributed by atoms with E-state index in [1.807, 2.05) is 0 Å². The number of hydroxylamine groups is 3. The molecule has 0 aliphatic carbocycles. The van der Waals surface area contributed by atoms with Crippen LogP contribution in [0.3, 0.4) is 0 Å². The smallest absolute Gasteiger partial charge is 0.244 e. The van der Waals surface area contributed by atoms with Crippen molar-refractivity contribution >= 4 is 17.7 Å². The number of rotatable bonds is 11. The number of hydrogen-bond acceptors (Lipinski definition) is 8. The number of carbonyl (C=O) groups is 3. The lowest BCUT2D eigenvalue weighted by atomic mass is 9.87. The fraction of sp³-hybridized carbons (Fsp3) is 0.727. The van der Waals surface area contributed by atoms with Crippen LogP contribution in [-0.4, -0.2) is 52.0 Å². The third-order valence-electron chi connectivity index (χ3n) is 3.28. The van der Waals surface area contributed by atoms with Crippen molar-refractivity contribution in [2.24, 2.45) is 5.73 Å². The van der Waals surface area contributed by atoms with Crippen LogP contribution < -0.4 is 27.5 Å². The van der Waals surface area contributed by atoms with Crippen LogP contribution >= 0.6 is 0 Å². The van der Waals surface area contributed by atoms with E-state index in [4.69, 9.17) is 21.4 Å². The molecule has 0 spiro atoms. The van der Waals surface area contributed by atoms with Gasteiger partial charge in [0.1, 0.15) is 0 Å². The van der Waals surface area contributed by atoms with Crippen molar-refractivity contribution in [1.29, 1.82) is 0 Å². The minimum atomic E-state index is -0.839. The van der Waals surface area contributed by atoms with Crippen LogP contribution in [-0.2, 0) is 14.4 Å². The van der Waals surface area contributed by atoms with Gasteiger partial charge in [-0.2, -0.15) is 0 Å². The van der Waals surface area contributed by atoms with Gasteiger partial charge < -0.3 is 11.1 Å². The zero-order valence-electron chi connectivity index (χ0n) is 12.1. The van der Waals surface area contributed by atoms with Crippen LogP contribution in [0.4, 0.5) is 0 Å². The molecule has 3 amide bonds. The van der Waals surface area contributed by atoms with E-state index in [1.54, 1.807) is 0 Å². The molecule has 0 aliphatic rings. The third kappa shape index (κ3) is 7.85. The highest BCUT2D eigenvalue weighted by Gasteiger charge is 2.29. The molecule has 0 saturated carbocycles. The molecule has 11 heteroatoms. The van der Waals surface area contributed by atoms with Crippen molar-refractivity contribution in [3.05, 3.63) is 0 Å². The summed E-state index contributed by atoms with van der Waals surface area (Å²) in [5.74, 6) is -1.82. The molecule has 9 N–H and O–H groups in total. The Kier molecular flexibility index (Phi) is 9.98. The number of amides is 3. The lowest BCUT2D eigenvalue weighted by Crippen LogP contribution is -2.53. The summed E-state index contributed by atoms with van der Waals surface area (Å²) in [6.07, 6.45) is 0.280. The van der Waals surface area contributed by atoms with Crippen molar-refractivity contribution in [3.8, 4) is 0 Å². The van der Waals surface area contributed by atoms with Gasteiger partial charge in [-0.3, -0.25) is 30.0 Å². The van der Waals surface area contributed by atoms with E-state index < -0.39 is 23.3 Å². The van der Waals surface area contributed by atoms with Crippen LogP contribution in [0.5, 0.6) is 0 Å². The van der Waals surface area contributed by atoms with E-state index in [1.165, 1.54) is 16.4 Å². The lowest BCUT2D eigenvalue weighted by molar-refractivity contribution is -0.131. The standard InChI is InChI=1S/C11H23N5O6/c12-7-11(4-1-8(17)14-20,5-2-9(18)15-21)13-6-3-10(19)16-22/h13,20-22H,1-7,12H2,(H,14,17)(H,15,18)(H,16,19). The maximum absolute atomic E-state index is 11.2. The Morgan fingerprint density at radius 1 is 0.818 bits per heavy atom. The molecule has 0 rings (SSSR count). The Morgan fingerprint density at radius 3 is 1.59 bits per heavy atom. The van der Waals surface area contributed by atoms with Crippen LogP contribution in [0, 0.1) is 0 Å². The minimum Gasteiger partial charge on any atom is -0.329 e. The molecule has 0 atom stereocenters. The van der Waals surface area contributed by atoms with Crippen molar-refractivity contribution in [3.63, 3.8) is 0 Å². The molecule has 0 aromatic heterocycles. The summed E-state index contributed by atoms with van der Waals surface area (Å²) in [5.41, 5.74) is 9.35. The molecule has 11 nitrogen and oxygen atoms in total. The number of nitrogens with two attached hydrogens (primary N) is 1. The van der Waals surface area contributed by atoms with E-state index in [2.05, 4.69) is 5.32 Å². The molecular formula is C11H23N5O6. The first kappa shape index (κ1) is 20.2. The largest absolute Gasteiger partial charge is 0.329 e. The maximum Gasteiger partial charge on any atom is 0.244 e. The van der Waals surface area contributed by atoms with E-state index >= 15 is 0 Å². The van der Waals surface area contributed by atoms with Gasteiger partial charge in [0.25, 0.3) is 0 Å². The normalized spacial score (nSPS) is 10.9. The predicted octanol–water partition coefficient (Wildman–Crippen LogP) is -2.26. The first-order valence-electron chi connectivity index (χ1n) is 6.67. The fourth-order valence-corrected chi connectivity index (χ4v) is 1.89. The van der Waals surface area contributed by atoms with Crippen molar-refractivity contribution < 1.29 is 30.0 Å². The Balaban J connectivity index is 4.70. The van der Waals surface area contributed by atoms with Crippen molar-refractivity contribution in [2.45, 2.75) is 37.6 Å². The van der Waals surface area contributed by atoms with Gasteiger partial charge in [0, 0.05) is 37.9 Å². The SMILES string of the molecule is NCC(CCC(=O)NO)(CCC(=O)NO)NCCC(=O)NO. The van der Waals surface area contributed by atoms with Gasteiger partial charge in [-0.05, 0) is 12.8 Å². The molecular weight excluding hydrogens is 298 g/mol. The summed E-state index contributed by atoms with van der Waals surface area (Å²) in [6, 6.07) is 0. The molecule has 0 unspecified atom stereocenters. The first-order valence-corrected chi connectivity index (χ1v) is 6.67. The summed E-state index contributed by atoms with van der Waals surface area (Å²) >= 11 is 0. The molecule has 22 heavy (non-hydrogen) atoms. The van der Waals surface area contributed by atoms with E-state index in [9.17, 15) is 14.4 Å². The summed E-state index contributed by atoms with van der Waals surface area (Å²) in [6.45, 7) is 0.218. The molecule has 0 saturated heterocycles. The molecule has 0 bridgehead atoms. The number of hydrogen-bond donors (Lipinski definition) is 8. The topological polar surface area (TPSA) is 186 Å². The third-order valence-corrected chi connectivity index (χ3v) is 3.28. The first-order chi connectivity index (χ1) is 10.4.